The van der Waals surface area contributed by atoms with Crippen LogP contribution in [0.4, 0.5) is 0 Å². The lowest BCUT2D eigenvalue weighted by molar-refractivity contribution is -0.147. The number of carbonyl (C=O) groups excluding carboxylic acids is 2. The van der Waals surface area contributed by atoms with E-state index in [1.54, 1.807) is 6.92 Å². The summed E-state index contributed by atoms with van der Waals surface area (Å²) in [6.45, 7) is 8.85. The molecular weight excluding hydrogens is 468 g/mol. The van der Waals surface area contributed by atoms with Crippen LogP contribution in [0.1, 0.15) is 58.1 Å². The van der Waals surface area contributed by atoms with Crippen molar-refractivity contribution in [1.29, 1.82) is 0 Å². The number of nitrogens with one attached hydrogen (secondary N) is 3. The molecule has 8 heteroatoms. The summed E-state index contributed by atoms with van der Waals surface area (Å²) in [6, 6.07) is 11.4. The van der Waals surface area contributed by atoms with Gasteiger partial charge in [0.2, 0.25) is 5.91 Å². The van der Waals surface area contributed by atoms with Crippen LogP contribution in [0.5, 0.6) is 0 Å². The minimum Gasteiger partial charge on any atom is -0.480 e. The van der Waals surface area contributed by atoms with Gasteiger partial charge in [-0.1, -0.05) is 63.3 Å². The second-order valence-corrected chi connectivity index (χ2v) is 10.1. The summed E-state index contributed by atoms with van der Waals surface area (Å²) in [7, 11) is 0. The van der Waals surface area contributed by atoms with Gasteiger partial charge in [-0.15, -0.1) is 0 Å². The lowest BCUT2D eigenvalue weighted by Crippen LogP contribution is -2.59. The third-order valence-electron chi connectivity index (χ3n) is 6.87. The Morgan fingerprint density at radius 2 is 1.89 bits per heavy atom. The standard InChI is InChI=1S/C29H40N4O4/c1-5-21-11-13-23-14-12-22(17-24(23)16-21)8-6-10-27(34)31-26(19(2)3)18-30-20(4)28(35)33-15-7-9-25(32-33)29(36)37/h6,8,11-14,16-17,19-20,25-26,30,32H,5,7,9-10,15,18H2,1-4H3,(H,31,34)(H,36,37). The Hall–Kier alpha value is -3.23. The summed E-state index contributed by atoms with van der Waals surface area (Å²) in [5.74, 6) is -1.07. The van der Waals surface area contributed by atoms with E-state index < -0.39 is 18.1 Å². The number of nitrogens with zero attached hydrogens (tertiary/aromatic N) is 1. The fourth-order valence-corrected chi connectivity index (χ4v) is 4.41. The van der Waals surface area contributed by atoms with Crippen LogP contribution in [-0.4, -0.2) is 59.1 Å². The molecule has 1 aliphatic heterocycles. The first kappa shape index (κ1) is 28.3. The lowest BCUT2D eigenvalue weighted by Gasteiger charge is -2.34. The van der Waals surface area contributed by atoms with Gasteiger partial charge in [-0.3, -0.25) is 19.4 Å². The van der Waals surface area contributed by atoms with Gasteiger partial charge in [0, 0.05) is 25.6 Å². The van der Waals surface area contributed by atoms with E-state index in [1.165, 1.54) is 21.3 Å². The first-order valence-corrected chi connectivity index (χ1v) is 13.2. The highest BCUT2D eigenvalue weighted by Gasteiger charge is 2.30. The number of carbonyl (C=O) groups is 3. The Labute approximate surface area is 219 Å². The number of hydrazine groups is 1. The Balaban J connectivity index is 1.50. The average molecular weight is 509 g/mol. The molecule has 1 heterocycles. The van der Waals surface area contributed by atoms with Gasteiger partial charge >= 0.3 is 5.97 Å². The van der Waals surface area contributed by atoms with Gasteiger partial charge in [0.1, 0.15) is 6.04 Å². The zero-order valence-corrected chi connectivity index (χ0v) is 22.3. The second kappa shape index (κ2) is 13.4. The summed E-state index contributed by atoms with van der Waals surface area (Å²) in [4.78, 5) is 36.7. The maximum absolute atomic E-state index is 12.8. The van der Waals surface area contributed by atoms with E-state index >= 15 is 0 Å². The topological polar surface area (TPSA) is 111 Å². The quantitative estimate of drug-likeness (QED) is 0.370. The van der Waals surface area contributed by atoms with Crippen LogP contribution in [0, 0.1) is 5.92 Å². The monoisotopic (exact) mass is 508 g/mol. The second-order valence-electron chi connectivity index (χ2n) is 10.1. The number of aryl methyl sites for hydroxylation is 1. The minimum absolute atomic E-state index is 0.0771. The Morgan fingerprint density at radius 3 is 2.59 bits per heavy atom. The first-order valence-electron chi connectivity index (χ1n) is 13.2. The van der Waals surface area contributed by atoms with Gasteiger partial charge in [-0.25, -0.2) is 5.43 Å². The Kier molecular flexibility index (Phi) is 10.2. The van der Waals surface area contributed by atoms with Crippen molar-refractivity contribution < 1.29 is 19.5 Å². The summed E-state index contributed by atoms with van der Waals surface area (Å²) >= 11 is 0. The van der Waals surface area contributed by atoms with Crippen molar-refractivity contribution in [2.45, 2.75) is 71.5 Å². The van der Waals surface area contributed by atoms with E-state index in [4.69, 9.17) is 0 Å². The van der Waals surface area contributed by atoms with Gasteiger partial charge in [0.25, 0.3) is 5.91 Å². The van der Waals surface area contributed by atoms with Gasteiger partial charge in [0.05, 0.1) is 6.04 Å². The molecule has 0 aromatic heterocycles. The maximum Gasteiger partial charge on any atom is 0.322 e. The fourth-order valence-electron chi connectivity index (χ4n) is 4.41. The molecule has 3 atom stereocenters. The SMILES string of the molecule is CCc1ccc2ccc(C=CCC(=O)NC(CNC(C)C(=O)N3CCCC(C(=O)O)N3)C(C)C)cc2c1. The van der Waals surface area contributed by atoms with Crippen molar-refractivity contribution in [1.82, 2.24) is 21.1 Å². The fraction of sp³-hybridized carbons (Fsp3) is 0.483. The van der Waals surface area contributed by atoms with Gasteiger partial charge in [-0.2, -0.15) is 0 Å². The molecule has 2 aromatic rings. The van der Waals surface area contributed by atoms with E-state index in [0.29, 0.717) is 25.9 Å². The number of hydrogen-bond acceptors (Lipinski definition) is 5. The molecule has 0 bridgehead atoms. The van der Waals surface area contributed by atoms with Crippen LogP contribution in [0.2, 0.25) is 0 Å². The molecule has 2 amide bonds. The molecule has 8 nitrogen and oxygen atoms in total. The van der Waals surface area contributed by atoms with Crippen molar-refractivity contribution in [2.75, 3.05) is 13.1 Å². The summed E-state index contributed by atoms with van der Waals surface area (Å²) in [5, 5.41) is 19.3. The highest BCUT2D eigenvalue weighted by Crippen LogP contribution is 2.19. The van der Waals surface area contributed by atoms with Gasteiger partial charge in [-0.05, 0) is 60.1 Å². The van der Waals surface area contributed by atoms with E-state index in [-0.39, 0.29) is 30.2 Å². The van der Waals surface area contributed by atoms with Crippen LogP contribution >= 0.6 is 0 Å². The molecule has 0 radical (unpaired) electrons. The zero-order valence-electron chi connectivity index (χ0n) is 22.3. The number of carboxylic acids is 1. The number of hydrogen-bond donors (Lipinski definition) is 4. The predicted molar refractivity (Wildman–Crippen MR) is 147 cm³/mol. The molecule has 3 unspecified atom stereocenters. The number of fused-ring (bicyclic) bond motifs is 1. The smallest absolute Gasteiger partial charge is 0.322 e. The summed E-state index contributed by atoms with van der Waals surface area (Å²) < 4.78 is 0. The molecule has 0 saturated carbocycles. The van der Waals surface area contributed by atoms with Gasteiger partial charge < -0.3 is 15.7 Å². The Morgan fingerprint density at radius 1 is 1.14 bits per heavy atom. The molecule has 3 rings (SSSR count). The normalized spacial score (nSPS) is 17.8. The van der Waals surface area contributed by atoms with Crippen LogP contribution in [-0.2, 0) is 20.8 Å². The highest BCUT2D eigenvalue weighted by atomic mass is 16.4. The van der Waals surface area contributed by atoms with E-state index in [2.05, 4.69) is 59.4 Å². The third-order valence-corrected chi connectivity index (χ3v) is 6.87. The van der Waals surface area contributed by atoms with Crippen molar-refractivity contribution in [3.8, 4) is 0 Å². The molecule has 4 N–H and O–H groups in total. The van der Waals surface area contributed by atoms with Crippen LogP contribution in [0.15, 0.2) is 42.5 Å². The molecular formula is C29H40N4O4. The van der Waals surface area contributed by atoms with Crippen LogP contribution < -0.4 is 16.1 Å². The average Bonchev–Trinajstić information content (AvgIpc) is 2.89. The van der Waals surface area contributed by atoms with E-state index in [9.17, 15) is 19.5 Å². The number of aliphatic carboxylic acids is 1. The molecule has 0 spiro atoms. The molecule has 2 aromatic carbocycles. The number of carboxylic acid groups (broad SMARTS) is 1. The third kappa shape index (κ3) is 8.13. The van der Waals surface area contributed by atoms with Gasteiger partial charge in [0.15, 0.2) is 0 Å². The van der Waals surface area contributed by atoms with Crippen LogP contribution in [0.25, 0.3) is 16.8 Å². The maximum atomic E-state index is 12.8. The number of benzene rings is 2. The minimum atomic E-state index is -0.957. The molecule has 37 heavy (non-hydrogen) atoms. The first-order chi connectivity index (χ1) is 17.7. The number of amides is 2. The predicted octanol–water partition coefficient (Wildman–Crippen LogP) is 3.50. The van der Waals surface area contributed by atoms with Crippen molar-refractivity contribution >= 4 is 34.6 Å². The van der Waals surface area contributed by atoms with Crippen molar-refractivity contribution in [3.05, 3.63) is 53.6 Å². The molecule has 200 valence electrons. The molecule has 1 fully saturated rings. The molecule has 1 aliphatic rings. The molecule has 1 saturated heterocycles. The highest BCUT2D eigenvalue weighted by molar-refractivity contribution is 5.86. The summed E-state index contributed by atoms with van der Waals surface area (Å²) in [6.07, 6.45) is 6.24. The van der Waals surface area contributed by atoms with Crippen molar-refractivity contribution in [2.24, 2.45) is 5.92 Å². The largest absolute Gasteiger partial charge is 0.480 e. The van der Waals surface area contributed by atoms with Crippen LogP contribution in [0.3, 0.4) is 0 Å². The van der Waals surface area contributed by atoms with E-state index in [1.807, 2.05) is 26.0 Å². The lowest BCUT2D eigenvalue weighted by atomic mass is 10.0. The van der Waals surface area contributed by atoms with E-state index in [0.717, 1.165) is 12.0 Å². The summed E-state index contributed by atoms with van der Waals surface area (Å²) in [5.41, 5.74) is 5.15. The van der Waals surface area contributed by atoms with Crippen molar-refractivity contribution in [3.63, 3.8) is 0 Å². The number of rotatable bonds is 11. The molecule has 0 aliphatic carbocycles. The zero-order chi connectivity index (χ0) is 26.9. The Bertz CT molecular complexity index is 1130.